The highest BCUT2D eigenvalue weighted by Gasteiger charge is 2.29. The topological polar surface area (TPSA) is 88.4 Å². The summed E-state index contributed by atoms with van der Waals surface area (Å²) >= 11 is 0. The quantitative estimate of drug-likeness (QED) is 0.621. The van der Waals surface area contributed by atoms with Gasteiger partial charge in [0.15, 0.2) is 0 Å². The highest BCUT2D eigenvalue weighted by molar-refractivity contribution is 7.88. The summed E-state index contributed by atoms with van der Waals surface area (Å²) in [5.41, 5.74) is 2.92. The number of rotatable bonds is 5. The maximum absolute atomic E-state index is 13.3. The molecule has 3 aromatic rings. The van der Waals surface area contributed by atoms with E-state index < -0.39 is 10.0 Å². The number of aromatic nitrogens is 3. The van der Waals surface area contributed by atoms with Gasteiger partial charge in [0.25, 0.3) is 5.91 Å². The van der Waals surface area contributed by atoms with E-state index in [1.807, 2.05) is 42.5 Å². The lowest BCUT2D eigenvalue weighted by Gasteiger charge is -2.33. The van der Waals surface area contributed by atoms with Gasteiger partial charge < -0.3 is 4.90 Å². The van der Waals surface area contributed by atoms with Crippen molar-refractivity contribution in [3.63, 3.8) is 0 Å². The lowest BCUT2D eigenvalue weighted by Crippen LogP contribution is -2.50. The standard InChI is InChI=1S/C21H23N5O3S/c1-30(28,29)26-12-10-24(11-13-26)21(27)19-16-25(15-17-6-3-2-4-7-17)23-20(19)18-8-5-9-22-14-18/h2-9,14,16H,10-13,15H2,1H3. The van der Waals surface area contributed by atoms with E-state index in [2.05, 4.69) is 10.1 Å². The van der Waals surface area contributed by atoms with Crippen LogP contribution in [-0.2, 0) is 16.6 Å². The van der Waals surface area contributed by atoms with Crippen LogP contribution < -0.4 is 0 Å². The number of hydrogen-bond donors (Lipinski definition) is 0. The van der Waals surface area contributed by atoms with Crippen LogP contribution in [0.1, 0.15) is 15.9 Å². The Morgan fingerprint density at radius 1 is 1.03 bits per heavy atom. The molecule has 1 aliphatic rings. The molecule has 0 radical (unpaired) electrons. The van der Waals surface area contributed by atoms with Crippen LogP contribution in [0.2, 0.25) is 0 Å². The zero-order valence-electron chi connectivity index (χ0n) is 16.7. The Morgan fingerprint density at radius 2 is 1.77 bits per heavy atom. The van der Waals surface area contributed by atoms with E-state index in [-0.39, 0.29) is 5.91 Å². The molecule has 8 nitrogen and oxygen atoms in total. The molecule has 1 aromatic carbocycles. The first-order valence-corrected chi connectivity index (χ1v) is 11.5. The summed E-state index contributed by atoms with van der Waals surface area (Å²) in [5, 5.41) is 4.67. The van der Waals surface area contributed by atoms with Crippen LogP contribution in [0.25, 0.3) is 11.3 Å². The van der Waals surface area contributed by atoms with Gasteiger partial charge in [0.2, 0.25) is 10.0 Å². The Morgan fingerprint density at radius 3 is 2.40 bits per heavy atom. The SMILES string of the molecule is CS(=O)(=O)N1CCN(C(=O)c2cn(Cc3ccccc3)nc2-c2cccnc2)CC1. The molecule has 0 aliphatic carbocycles. The van der Waals surface area contributed by atoms with Crippen molar-refractivity contribution >= 4 is 15.9 Å². The van der Waals surface area contributed by atoms with Crippen LogP contribution >= 0.6 is 0 Å². The molecule has 0 N–H and O–H groups in total. The molecule has 9 heteroatoms. The summed E-state index contributed by atoms with van der Waals surface area (Å²) in [6.07, 6.45) is 6.32. The van der Waals surface area contributed by atoms with E-state index in [4.69, 9.17) is 0 Å². The largest absolute Gasteiger partial charge is 0.336 e. The maximum Gasteiger partial charge on any atom is 0.257 e. The third-order valence-corrected chi connectivity index (χ3v) is 6.41. The number of pyridine rings is 1. The maximum atomic E-state index is 13.3. The number of hydrogen-bond acceptors (Lipinski definition) is 5. The lowest BCUT2D eigenvalue weighted by molar-refractivity contribution is 0.0699. The van der Waals surface area contributed by atoms with Crippen LogP contribution in [0.15, 0.2) is 61.1 Å². The summed E-state index contributed by atoms with van der Waals surface area (Å²) in [6.45, 7) is 1.84. The molecule has 0 spiro atoms. The molecule has 0 unspecified atom stereocenters. The van der Waals surface area contributed by atoms with Crippen LogP contribution in [0.5, 0.6) is 0 Å². The van der Waals surface area contributed by atoms with Gasteiger partial charge in [0.05, 0.1) is 18.4 Å². The van der Waals surface area contributed by atoms with Gasteiger partial charge in [-0.15, -0.1) is 0 Å². The molecule has 0 bridgehead atoms. The zero-order valence-corrected chi connectivity index (χ0v) is 17.5. The second-order valence-electron chi connectivity index (χ2n) is 7.27. The molecule has 1 aliphatic heterocycles. The molecule has 0 atom stereocenters. The minimum atomic E-state index is -3.25. The van der Waals surface area contributed by atoms with Gasteiger partial charge in [-0.1, -0.05) is 30.3 Å². The predicted molar refractivity (Wildman–Crippen MR) is 113 cm³/mol. The molecule has 1 amide bonds. The van der Waals surface area contributed by atoms with Crippen molar-refractivity contribution in [3.05, 3.63) is 72.2 Å². The Balaban J connectivity index is 1.62. The van der Waals surface area contributed by atoms with Crippen LogP contribution in [-0.4, -0.2) is 70.7 Å². The third-order valence-electron chi connectivity index (χ3n) is 5.11. The molecule has 1 saturated heterocycles. The van der Waals surface area contributed by atoms with E-state index in [9.17, 15) is 13.2 Å². The summed E-state index contributed by atoms with van der Waals surface area (Å²) in [5.74, 6) is -0.152. The summed E-state index contributed by atoms with van der Waals surface area (Å²) < 4.78 is 26.7. The van der Waals surface area contributed by atoms with E-state index in [0.29, 0.717) is 44.0 Å². The molecule has 30 heavy (non-hydrogen) atoms. The van der Waals surface area contributed by atoms with Crippen molar-refractivity contribution in [2.75, 3.05) is 32.4 Å². The van der Waals surface area contributed by atoms with E-state index in [1.54, 1.807) is 28.2 Å². The second kappa shape index (κ2) is 8.37. The number of nitrogens with zero attached hydrogens (tertiary/aromatic N) is 5. The van der Waals surface area contributed by atoms with Gasteiger partial charge in [-0.3, -0.25) is 14.5 Å². The smallest absolute Gasteiger partial charge is 0.257 e. The van der Waals surface area contributed by atoms with Crippen LogP contribution in [0, 0.1) is 0 Å². The van der Waals surface area contributed by atoms with Crippen molar-refractivity contribution in [3.8, 4) is 11.3 Å². The minimum Gasteiger partial charge on any atom is -0.336 e. The van der Waals surface area contributed by atoms with Gasteiger partial charge in [-0.25, -0.2) is 8.42 Å². The molecule has 0 saturated carbocycles. The van der Waals surface area contributed by atoms with E-state index >= 15 is 0 Å². The van der Waals surface area contributed by atoms with Gasteiger partial charge in [-0.05, 0) is 17.7 Å². The van der Waals surface area contributed by atoms with E-state index in [1.165, 1.54) is 10.6 Å². The average Bonchev–Trinajstić information content (AvgIpc) is 3.18. The molecule has 4 rings (SSSR count). The van der Waals surface area contributed by atoms with Gasteiger partial charge in [0.1, 0.15) is 5.69 Å². The monoisotopic (exact) mass is 425 g/mol. The number of sulfonamides is 1. The summed E-state index contributed by atoms with van der Waals surface area (Å²) in [6, 6.07) is 13.6. The fourth-order valence-electron chi connectivity index (χ4n) is 3.54. The summed E-state index contributed by atoms with van der Waals surface area (Å²) in [7, 11) is -3.25. The minimum absolute atomic E-state index is 0.152. The molecule has 2 aromatic heterocycles. The van der Waals surface area contributed by atoms with Crippen LogP contribution in [0.3, 0.4) is 0 Å². The molecular formula is C21H23N5O3S. The highest BCUT2D eigenvalue weighted by atomic mass is 32.2. The van der Waals surface area contributed by atoms with E-state index in [0.717, 1.165) is 11.1 Å². The first kappa shape index (κ1) is 20.2. The zero-order chi connectivity index (χ0) is 21.1. The van der Waals surface area contributed by atoms with Crippen molar-refractivity contribution in [1.82, 2.24) is 24.0 Å². The number of amides is 1. The average molecular weight is 426 g/mol. The highest BCUT2D eigenvalue weighted by Crippen LogP contribution is 2.24. The summed E-state index contributed by atoms with van der Waals surface area (Å²) in [4.78, 5) is 19.1. The first-order valence-electron chi connectivity index (χ1n) is 9.68. The lowest BCUT2D eigenvalue weighted by atomic mass is 10.1. The number of piperazine rings is 1. The Kier molecular flexibility index (Phi) is 5.65. The molecular weight excluding hydrogens is 402 g/mol. The molecule has 156 valence electrons. The van der Waals surface area contributed by atoms with Crippen molar-refractivity contribution < 1.29 is 13.2 Å². The van der Waals surface area contributed by atoms with Gasteiger partial charge in [0, 0.05) is 50.3 Å². The van der Waals surface area contributed by atoms with Gasteiger partial charge >= 0.3 is 0 Å². The number of benzene rings is 1. The normalized spacial score (nSPS) is 15.3. The third kappa shape index (κ3) is 4.42. The number of carbonyl (C=O) groups excluding carboxylic acids is 1. The number of carbonyl (C=O) groups is 1. The fraction of sp³-hybridized carbons (Fsp3) is 0.286. The molecule has 1 fully saturated rings. The predicted octanol–water partition coefficient (Wildman–Crippen LogP) is 1.71. The van der Waals surface area contributed by atoms with Crippen molar-refractivity contribution in [2.45, 2.75) is 6.54 Å². The Labute approximate surface area is 175 Å². The van der Waals surface area contributed by atoms with Crippen molar-refractivity contribution in [2.24, 2.45) is 0 Å². The van der Waals surface area contributed by atoms with Crippen molar-refractivity contribution in [1.29, 1.82) is 0 Å². The second-order valence-corrected chi connectivity index (χ2v) is 9.25. The Bertz CT molecular complexity index is 1120. The fourth-order valence-corrected chi connectivity index (χ4v) is 4.37. The molecule has 3 heterocycles. The van der Waals surface area contributed by atoms with Crippen LogP contribution in [0.4, 0.5) is 0 Å². The van der Waals surface area contributed by atoms with Gasteiger partial charge in [-0.2, -0.15) is 9.40 Å². The first-order chi connectivity index (χ1) is 14.4. The Hall–Kier alpha value is -3.04.